The summed E-state index contributed by atoms with van der Waals surface area (Å²) in [7, 11) is 0. The number of ether oxygens (including phenoxy) is 2. The van der Waals surface area contributed by atoms with Crippen molar-refractivity contribution < 1.29 is 19.1 Å². The van der Waals surface area contributed by atoms with Crippen LogP contribution >= 0.6 is 0 Å². The average molecular weight is 555 g/mol. The van der Waals surface area contributed by atoms with Crippen molar-refractivity contribution in [3.8, 4) is 0 Å². The average Bonchev–Trinajstić information content (AvgIpc) is 3.27. The number of carbonyl (C=O) groups excluding carboxylic acids is 2. The van der Waals surface area contributed by atoms with Gasteiger partial charge in [-0.05, 0) is 111 Å². The van der Waals surface area contributed by atoms with Crippen LogP contribution in [0.1, 0.15) is 131 Å². The molecular formula is C36H58O4. The van der Waals surface area contributed by atoms with Crippen LogP contribution in [0.25, 0.3) is 0 Å². The molecule has 4 aliphatic carbocycles. The zero-order valence-corrected chi connectivity index (χ0v) is 26.3. The summed E-state index contributed by atoms with van der Waals surface area (Å²) in [6.07, 6.45) is 20.8. The van der Waals surface area contributed by atoms with E-state index in [2.05, 4.69) is 47.3 Å². The number of esters is 2. The fourth-order valence-electron chi connectivity index (χ4n) is 9.78. The summed E-state index contributed by atoms with van der Waals surface area (Å²) in [5.74, 6) is 4.65. The number of fused-ring (bicyclic) bond motifs is 5. The van der Waals surface area contributed by atoms with Crippen molar-refractivity contribution in [3.63, 3.8) is 0 Å². The summed E-state index contributed by atoms with van der Waals surface area (Å²) >= 11 is 0. The normalized spacial score (nSPS) is 35.6. The standard InChI is InChI=1S/C36H58O4/c1-7-33(37)39-23-10-8-9-14-34(38)40-28-19-21-35(5)27(24-28)15-16-29-31-18-17-30(26(4)13-11-12-25(2)3)36(31,6)22-20-32(29)35/h7,15,25-26,28-32H,1,8-14,16-24H2,2-6H3/t26-,28+,29+,30-,31+,32+,35+,36-/m1/s1. The highest BCUT2D eigenvalue weighted by Gasteiger charge is 2.59. The van der Waals surface area contributed by atoms with Crippen LogP contribution in [0.3, 0.4) is 0 Å². The number of hydrogen-bond acceptors (Lipinski definition) is 4. The molecule has 0 aliphatic heterocycles. The molecule has 8 atom stereocenters. The first kappa shape index (κ1) is 31.4. The number of unbranched alkanes of at least 4 members (excludes halogenated alkanes) is 2. The Morgan fingerprint density at radius 3 is 2.55 bits per heavy atom. The van der Waals surface area contributed by atoms with E-state index in [-0.39, 0.29) is 23.5 Å². The fourth-order valence-corrected chi connectivity index (χ4v) is 9.78. The molecule has 3 saturated carbocycles. The minimum absolute atomic E-state index is 0.0355. The third-order valence-corrected chi connectivity index (χ3v) is 12.0. The highest BCUT2D eigenvalue weighted by Crippen LogP contribution is 2.67. The van der Waals surface area contributed by atoms with Gasteiger partial charge in [0.2, 0.25) is 0 Å². The molecule has 0 amide bonds. The SMILES string of the molecule is C=CC(=O)OCCCCCC(=O)O[C@H]1CC[C@@]2(C)C(=CC[C@H]3[C@@H]4CC[C@H]([C@H](C)CCCC(C)C)[C@@]4(C)CC[C@@H]32)C1. The predicted molar refractivity (Wildman–Crippen MR) is 163 cm³/mol. The van der Waals surface area contributed by atoms with Gasteiger partial charge in [-0.25, -0.2) is 4.79 Å². The fraction of sp³-hybridized carbons (Fsp3) is 0.833. The summed E-state index contributed by atoms with van der Waals surface area (Å²) in [4.78, 5) is 23.7. The van der Waals surface area contributed by atoms with Crippen molar-refractivity contribution in [1.29, 1.82) is 0 Å². The number of allylic oxidation sites excluding steroid dienone is 1. The molecule has 0 aromatic heterocycles. The Morgan fingerprint density at radius 1 is 1.00 bits per heavy atom. The van der Waals surface area contributed by atoms with Crippen LogP contribution in [-0.4, -0.2) is 24.6 Å². The van der Waals surface area contributed by atoms with Gasteiger partial charge in [-0.15, -0.1) is 0 Å². The van der Waals surface area contributed by atoms with Crippen LogP contribution < -0.4 is 0 Å². The molecule has 0 heterocycles. The maximum Gasteiger partial charge on any atom is 0.330 e. The molecule has 0 aromatic carbocycles. The van der Waals surface area contributed by atoms with Crippen molar-refractivity contribution in [2.45, 2.75) is 137 Å². The van der Waals surface area contributed by atoms with Gasteiger partial charge in [0.25, 0.3) is 0 Å². The molecule has 3 fully saturated rings. The van der Waals surface area contributed by atoms with Gasteiger partial charge >= 0.3 is 11.9 Å². The predicted octanol–water partition coefficient (Wildman–Crippen LogP) is 9.23. The molecule has 0 unspecified atom stereocenters. The van der Waals surface area contributed by atoms with E-state index >= 15 is 0 Å². The largest absolute Gasteiger partial charge is 0.463 e. The molecule has 4 nitrogen and oxygen atoms in total. The van der Waals surface area contributed by atoms with Crippen molar-refractivity contribution >= 4 is 11.9 Å². The van der Waals surface area contributed by atoms with E-state index in [1.54, 1.807) is 5.57 Å². The lowest BCUT2D eigenvalue weighted by Gasteiger charge is -2.58. The summed E-state index contributed by atoms with van der Waals surface area (Å²) < 4.78 is 11.0. The molecule has 0 radical (unpaired) electrons. The Morgan fingerprint density at radius 2 is 1.80 bits per heavy atom. The number of hydrogen-bond donors (Lipinski definition) is 0. The van der Waals surface area contributed by atoms with Crippen molar-refractivity contribution in [2.75, 3.05) is 6.61 Å². The van der Waals surface area contributed by atoms with E-state index in [1.807, 2.05) is 0 Å². The van der Waals surface area contributed by atoms with Crippen LogP contribution in [0.2, 0.25) is 0 Å². The zero-order chi connectivity index (χ0) is 28.9. The summed E-state index contributed by atoms with van der Waals surface area (Å²) in [6, 6.07) is 0. The van der Waals surface area contributed by atoms with Gasteiger partial charge < -0.3 is 9.47 Å². The van der Waals surface area contributed by atoms with Crippen molar-refractivity contribution in [1.82, 2.24) is 0 Å². The Labute approximate surface area is 245 Å². The Kier molecular flexibility index (Phi) is 10.7. The van der Waals surface area contributed by atoms with E-state index in [9.17, 15) is 9.59 Å². The number of rotatable bonds is 13. The molecule has 4 heteroatoms. The minimum atomic E-state index is -0.385. The second kappa shape index (κ2) is 13.6. The van der Waals surface area contributed by atoms with Gasteiger partial charge in [0.05, 0.1) is 6.61 Å². The molecule has 0 bridgehead atoms. The molecule has 40 heavy (non-hydrogen) atoms. The molecule has 0 N–H and O–H groups in total. The zero-order valence-electron chi connectivity index (χ0n) is 26.3. The molecular weight excluding hydrogens is 496 g/mol. The van der Waals surface area contributed by atoms with Gasteiger partial charge in [0, 0.05) is 18.9 Å². The lowest BCUT2D eigenvalue weighted by atomic mass is 9.47. The maximum absolute atomic E-state index is 12.6. The molecule has 4 rings (SSSR count). The molecule has 0 aromatic rings. The minimum Gasteiger partial charge on any atom is -0.463 e. The molecule has 0 spiro atoms. The van der Waals surface area contributed by atoms with E-state index in [4.69, 9.17) is 9.47 Å². The van der Waals surface area contributed by atoms with Crippen LogP contribution in [0.5, 0.6) is 0 Å². The van der Waals surface area contributed by atoms with Crippen LogP contribution in [0, 0.1) is 46.3 Å². The monoisotopic (exact) mass is 554 g/mol. The van der Waals surface area contributed by atoms with Gasteiger partial charge in [-0.1, -0.05) is 72.1 Å². The van der Waals surface area contributed by atoms with Crippen molar-refractivity contribution in [3.05, 3.63) is 24.3 Å². The first-order chi connectivity index (χ1) is 19.1. The van der Waals surface area contributed by atoms with Gasteiger partial charge in [-0.3, -0.25) is 4.79 Å². The smallest absolute Gasteiger partial charge is 0.330 e. The maximum atomic E-state index is 12.6. The second-order valence-corrected chi connectivity index (χ2v) is 14.8. The third-order valence-electron chi connectivity index (χ3n) is 12.0. The second-order valence-electron chi connectivity index (χ2n) is 14.8. The quantitative estimate of drug-likeness (QED) is 0.0985. The lowest BCUT2D eigenvalue weighted by Crippen LogP contribution is -2.51. The Balaban J connectivity index is 1.28. The first-order valence-electron chi connectivity index (χ1n) is 16.8. The summed E-state index contributed by atoms with van der Waals surface area (Å²) in [5.41, 5.74) is 2.40. The van der Waals surface area contributed by atoms with E-state index in [1.165, 1.54) is 57.4 Å². The van der Waals surface area contributed by atoms with E-state index in [0.717, 1.165) is 74.0 Å². The summed E-state index contributed by atoms with van der Waals surface area (Å²) in [5, 5.41) is 0. The van der Waals surface area contributed by atoms with Crippen LogP contribution in [-0.2, 0) is 19.1 Å². The van der Waals surface area contributed by atoms with Crippen molar-refractivity contribution in [2.24, 2.45) is 46.3 Å². The van der Waals surface area contributed by atoms with Gasteiger partial charge in [-0.2, -0.15) is 0 Å². The summed E-state index contributed by atoms with van der Waals surface area (Å²) in [6.45, 7) is 16.3. The Bertz CT molecular complexity index is 920. The Hall–Kier alpha value is -1.58. The topological polar surface area (TPSA) is 52.6 Å². The molecule has 0 saturated heterocycles. The van der Waals surface area contributed by atoms with E-state index in [0.29, 0.717) is 18.4 Å². The van der Waals surface area contributed by atoms with Gasteiger partial charge in [0.1, 0.15) is 6.10 Å². The highest BCUT2D eigenvalue weighted by molar-refractivity contribution is 5.81. The lowest BCUT2D eigenvalue weighted by molar-refractivity contribution is -0.151. The third kappa shape index (κ3) is 6.89. The van der Waals surface area contributed by atoms with E-state index < -0.39 is 0 Å². The molecule has 4 aliphatic rings. The van der Waals surface area contributed by atoms with Gasteiger partial charge in [0.15, 0.2) is 0 Å². The highest BCUT2D eigenvalue weighted by atomic mass is 16.5. The number of carbonyl (C=O) groups is 2. The first-order valence-corrected chi connectivity index (χ1v) is 16.8. The van der Waals surface area contributed by atoms with Crippen LogP contribution in [0.4, 0.5) is 0 Å². The molecule has 226 valence electrons. The van der Waals surface area contributed by atoms with Crippen LogP contribution in [0.15, 0.2) is 24.3 Å².